The fraction of sp³-hybridized carbons (Fsp3) is 0.758. The van der Waals surface area contributed by atoms with Crippen molar-refractivity contribution in [3.8, 4) is 5.75 Å². The number of benzene rings is 1. The minimum Gasteiger partial charge on any atom is -0.481 e. The molecule has 2 aliphatic heterocycles. The van der Waals surface area contributed by atoms with E-state index < -0.39 is 23.3 Å². The van der Waals surface area contributed by atoms with E-state index in [9.17, 15) is 27.9 Å². The highest BCUT2D eigenvalue weighted by Crippen LogP contribution is 2.50. The van der Waals surface area contributed by atoms with Crippen LogP contribution >= 0.6 is 0 Å². The van der Waals surface area contributed by atoms with Gasteiger partial charge in [0.25, 0.3) is 5.91 Å². The Morgan fingerprint density at radius 2 is 1.83 bits per heavy atom. The Bertz CT molecular complexity index is 1110. The maximum Gasteiger partial charge on any atom is 0.416 e. The summed E-state index contributed by atoms with van der Waals surface area (Å²) >= 11 is 0. The zero-order chi connectivity index (χ0) is 30.1. The number of nitrogens with zero attached hydrogens (tertiary/aromatic N) is 1. The monoisotopic (exact) mass is 593 g/mol. The van der Waals surface area contributed by atoms with E-state index in [-0.39, 0.29) is 31.0 Å². The highest BCUT2D eigenvalue weighted by atomic mass is 19.4. The van der Waals surface area contributed by atoms with Crippen LogP contribution in [0, 0.1) is 35.5 Å². The maximum absolute atomic E-state index is 14.0. The second-order valence-electron chi connectivity index (χ2n) is 13.7. The van der Waals surface area contributed by atoms with Gasteiger partial charge in [-0.3, -0.25) is 9.59 Å². The van der Waals surface area contributed by atoms with Gasteiger partial charge in [-0.25, -0.2) is 0 Å². The average Bonchev–Trinajstić information content (AvgIpc) is 3.82. The molecule has 9 heteroatoms. The SMILES string of the molecule is CC1CCC(C[C@H](C)C(=O)O)CCCCC([C@@H]2CC[C@@](C(=O)N3COc4ccc(C(F)(F)F)cc4C3)(C3CC3)OC2)C1. The largest absolute Gasteiger partial charge is 0.481 e. The Kier molecular flexibility index (Phi) is 9.45. The molecule has 1 amide bonds. The number of amides is 1. The van der Waals surface area contributed by atoms with E-state index in [4.69, 9.17) is 9.47 Å². The van der Waals surface area contributed by atoms with E-state index >= 15 is 0 Å². The Labute approximate surface area is 247 Å². The first-order valence-electron chi connectivity index (χ1n) is 15.9. The molecule has 4 aliphatic rings. The Balaban J connectivity index is 1.20. The summed E-state index contributed by atoms with van der Waals surface area (Å²) in [5, 5.41) is 9.35. The number of aliphatic carboxylic acids is 1. The lowest BCUT2D eigenvalue weighted by molar-refractivity contribution is -0.181. The zero-order valence-electron chi connectivity index (χ0n) is 25.0. The van der Waals surface area contributed by atoms with E-state index in [1.165, 1.54) is 11.0 Å². The molecule has 42 heavy (non-hydrogen) atoms. The molecule has 5 rings (SSSR count). The molecule has 1 N–H and O–H groups in total. The summed E-state index contributed by atoms with van der Waals surface area (Å²) in [6.45, 7) is 4.78. The first kappa shape index (κ1) is 31.1. The molecule has 3 fully saturated rings. The van der Waals surface area contributed by atoms with Gasteiger partial charge in [-0.2, -0.15) is 13.2 Å². The van der Waals surface area contributed by atoms with Crippen LogP contribution in [0.5, 0.6) is 5.75 Å². The number of ether oxygens (including phenoxy) is 2. The van der Waals surface area contributed by atoms with Crippen LogP contribution in [-0.4, -0.2) is 40.8 Å². The Morgan fingerprint density at radius 1 is 1.07 bits per heavy atom. The molecule has 2 saturated carbocycles. The maximum atomic E-state index is 14.0. The van der Waals surface area contributed by atoms with Gasteiger partial charge in [0.15, 0.2) is 6.73 Å². The zero-order valence-corrected chi connectivity index (χ0v) is 25.0. The summed E-state index contributed by atoms with van der Waals surface area (Å²) in [6.07, 6.45) is 7.51. The smallest absolute Gasteiger partial charge is 0.416 e. The molecule has 0 spiro atoms. The fourth-order valence-electron chi connectivity index (χ4n) is 7.74. The first-order valence-corrected chi connectivity index (χ1v) is 15.9. The lowest BCUT2D eigenvalue weighted by atomic mass is 9.73. The summed E-state index contributed by atoms with van der Waals surface area (Å²) < 4.78 is 52.3. The number of rotatable bonds is 6. The van der Waals surface area contributed by atoms with Gasteiger partial charge >= 0.3 is 12.1 Å². The second-order valence-corrected chi connectivity index (χ2v) is 13.7. The van der Waals surface area contributed by atoms with E-state index in [1.807, 2.05) is 6.92 Å². The van der Waals surface area contributed by atoms with Gasteiger partial charge in [-0.05, 0) is 86.3 Å². The van der Waals surface area contributed by atoms with Gasteiger partial charge < -0.3 is 19.5 Å². The lowest BCUT2D eigenvalue weighted by Crippen LogP contribution is -2.56. The average molecular weight is 594 g/mol. The molecular formula is C33H46F3NO5. The number of halogens is 3. The van der Waals surface area contributed by atoms with Crippen LogP contribution in [0.2, 0.25) is 0 Å². The molecule has 1 aromatic carbocycles. The van der Waals surface area contributed by atoms with Crippen LogP contribution in [0.15, 0.2) is 18.2 Å². The molecule has 3 unspecified atom stereocenters. The van der Waals surface area contributed by atoms with Crippen LogP contribution < -0.4 is 4.74 Å². The van der Waals surface area contributed by atoms with Gasteiger partial charge in [-0.1, -0.05) is 52.4 Å². The third-order valence-electron chi connectivity index (χ3n) is 10.4. The van der Waals surface area contributed by atoms with Crippen molar-refractivity contribution in [2.24, 2.45) is 35.5 Å². The van der Waals surface area contributed by atoms with Crippen LogP contribution in [0.3, 0.4) is 0 Å². The predicted molar refractivity (Wildman–Crippen MR) is 151 cm³/mol. The Hall–Kier alpha value is -2.29. The molecule has 0 bridgehead atoms. The van der Waals surface area contributed by atoms with Gasteiger partial charge in [0.1, 0.15) is 11.4 Å². The summed E-state index contributed by atoms with van der Waals surface area (Å²) in [4.78, 5) is 26.9. The minimum absolute atomic E-state index is 0.0187. The third kappa shape index (κ3) is 7.08. The van der Waals surface area contributed by atoms with Crippen molar-refractivity contribution in [1.82, 2.24) is 4.90 Å². The van der Waals surface area contributed by atoms with Crippen molar-refractivity contribution in [3.05, 3.63) is 29.3 Å². The van der Waals surface area contributed by atoms with Crippen molar-refractivity contribution < 1.29 is 37.3 Å². The van der Waals surface area contributed by atoms with Gasteiger partial charge in [0.2, 0.25) is 0 Å². The molecule has 1 aromatic rings. The number of carbonyl (C=O) groups excluding carboxylic acids is 1. The van der Waals surface area contributed by atoms with Crippen LogP contribution in [0.1, 0.15) is 102 Å². The molecular weight excluding hydrogens is 547 g/mol. The number of carboxylic acid groups (broad SMARTS) is 1. The summed E-state index contributed by atoms with van der Waals surface area (Å²) in [7, 11) is 0. The normalized spacial score (nSPS) is 31.9. The molecule has 2 heterocycles. The predicted octanol–water partition coefficient (Wildman–Crippen LogP) is 7.68. The minimum atomic E-state index is -4.45. The molecule has 0 radical (unpaired) electrons. The molecule has 6 atom stereocenters. The summed E-state index contributed by atoms with van der Waals surface area (Å²) in [6, 6.07) is 3.45. The van der Waals surface area contributed by atoms with Gasteiger partial charge in [0, 0.05) is 5.56 Å². The second kappa shape index (κ2) is 12.7. The van der Waals surface area contributed by atoms with Crippen LogP contribution in [0.25, 0.3) is 0 Å². The summed E-state index contributed by atoms with van der Waals surface area (Å²) in [5.74, 6) is 1.36. The molecule has 0 aromatic heterocycles. The first-order chi connectivity index (χ1) is 20.0. The Morgan fingerprint density at radius 3 is 2.50 bits per heavy atom. The van der Waals surface area contributed by atoms with Gasteiger partial charge in [-0.15, -0.1) is 0 Å². The fourth-order valence-corrected chi connectivity index (χ4v) is 7.74. The van der Waals surface area contributed by atoms with Crippen molar-refractivity contribution in [3.63, 3.8) is 0 Å². The lowest BCUT2D eigenvalue weighted by Gasteiger charge is -2.45. The third-order valence-corrected chi connectivity index (χ3v) is 10.4. The number of hydrogen-bond donors (Lipinski definition) is 1. The number of carbonyl (C=O) groups is 2. The van der Waals surface area contributed by atoms with Gasteiger partial charge in [0.05, 0.1) is 24.6 Å². The number of hydrogen-bond acceptors (Lipinski definition) is 4. The molecule has 6 nitrogen and oxygen atoms in total. The molecule has 2 aliphatic carbocycles. The molecule has 1 saturated heterocycles. The summed E-state index contributed by atoms with van der Waals surface area (Å²) in [5.41, 5.74) is -1.27. The van der Waals surface area contributed by atoms with Crippen molar-refractivity contribution in [2.45, 2.75) is 109 Å². The number of carboxylic acids is 1. The number of fused-ring (bicyclic) bond motifs is 1. The van der Waals surface area contributed by atoms with Crippen molar-refractivity contribution in [2.75, 3.05) is 13.3 Å². The topological polar surface area (TPSA) is 76.1 Å². The van der Waals surface area contributed by atoms with Crippen molar-refractivity contribution in [1.29, 1.82) is 0 Å². The highest BCUT2D eigenvalue weighted by molar-refractivity contribution is 5.86. The van der Waals surface area contributed by atoms with E-state index in [0.717, 1.165) is 82.8 Å². The molecule has 234 valence electrons. The quantitative estimate of drug-likeness (QED) is 0.366. The van der Waals surface area contributed by atoms with E-state index in [1.54, 1.807) is 0 Å². The van der Waals surface area contributed by atoms with E-state index in [0.29, 0.717) is 48.0 Å². The standard InChI is InChI=1S/C33H46F3NO5/c1-21-7-8-23(16-22(2)30(38)39)5-3-4-6-24(15-21)25-13-14-32(42-19-25,27-9-10-27)31(40)37-18-26-17-28(33(34,35)36)11-12-29(26)41-20-37/h11-12,17,21-25,27H,3-10,13-16,18-20H2,1-2H3,(H,38,39)/t21?,22-,23?,24?,25+,32-/m0/s1. The number of alkyl halides is 3. The van der Waals surface area contributed by atoms with E-state index in [2.05, 4.69) is 6.92 Å². The van der Waals surface area contributed by atoms with Crippen LogP contribution in [0.4, 0.5) is 13.2 Å². The van der Waals surface area contributed by atoms with Crippen LogP contribution in [-0.2, 0) is 27.0 Å². The van der Waals surface area contributed by atoms with Crippen molar-refractivity contribution >= 4 is 11.9 Å². The highest BCUT2D eigenvalue weighted by Gasteiger charge is 2.56.